The summed E-state index contributed by atoms with van der Waals surface area (Å²) in [5.41, 5.74) is 1.06. The van der Waals surface area contributed by atoms with E-state index in [0.717, 1.165) is 75.1 Å². The van der Waals surface area contributed by atoms with E-state index in [0.29, 0.717) is 10.8 Å². The Labute approximate surface area is 215 Å². The number of hydrogen-bond acceptors (Lipinski definition) is 8. The lowest BCUT2D eigenvalue weighted by molar-refractivity contribution is -0.130. The molecule has 2 fully saturated rings. The fourth-order valence-corrected chi connectivity index (χ4v) is 5.94. The van der Waals surface area contributed by atoms with Crippen molar-refractivity contribution in [3.8, 4) is 12.1 Å². The largest absolute Gasteiger partial charge is 0.389 e. The lowest BCUT2D eigenvalue weighted by Gasteiger charge is -2.25. The minimum absolute atomic E-state index is 0.0121. The molecule has 14 heteroatoms. The first-order valence-corrected chi connectivity index (χ1v) is 13.3. The molecule has 0 spiro atoms. The van der Waals surface area contributed by atoms with Crippen LogP contribution in [-0.2, 0) is 0 Å². The van der Waals surface area contributed by atoms with E-state index in [9.17, 15) is 26.3 Å². The first-order valence-electron chi connectivity index (χ1n) is 11.3. The summed E-state index contributed by atoms with van der Waals surface area (Å²) in [5.74, 6) is 0.269. The quantitative estimate of drug-likeness (QED) is 0.223. The topological polar surface area (TPSA) is 116 Å². The Morgan fingerprint density at radius 2 is 1.28 bits per heavy atom. The molecule has 36 heavy (non-hydrogen) atoms. The Morgan fingerprint density at radius 3 is 1.72 bits per heavy atom. The molecule has 2 aliphatic carbocycles. The Hall–Kier alpha value is -1.80. The molecule has 0 amide bonds. The average molecular weight is 565 g/mol. The fourth-order valence-electron chi connectivity index (χ4n) is 3.71. The zero-order chi connectivity index (χ0) is 28.0. The lowest BCUT2D eigenvalue weighted by atomic mass is 9.87. The van der Waals surface area contributed by atoms with Crippen molar-refractivity contribution in [1.82, 2.24) is 0 Å². The first kappa shape index (κ1) is 36.4. The highest BCUT2D eigenvalue weighted by atomic mass is 32.2. The van der Waals surface area contributed by atoms with Gasteiger partial charge in [-0.25, -0.2) is 0 Å². The monoisotopic (exact) mass is 564 g/mol. The highest BCUT2D eigenvalue weighted by molar-refractivity contribution is 8.03. The van der Waals surface area contributed by atoms with Gasteiger partial charge in [-0.2, -0.15) is 36.9 Å². The molecule has 0 saturated heterocycles. The predicted octanol–water partition coefficient (Wildman–Crippen LogP) is 8.69. The molecular weight excluding hydrogens is 534 g/mol. The minimum Gasteiger partial charge on any atom is -0.197 e. The smallest absolute Gasteiger partial charge is 0.197 e. The summed E-state index contributed by atoms with van der Waals surface area (Å²) in [6, 6.07) is 4.19. The molecule has 2 rings (SSSR count). The number of halogens is 6. The first-order chi connectivity index (χ1) is 17.1. The molecule has 1 atom stereocenters. The number of thioether (sulfide) groups is 2. The van der Waals surface area contributed by atoms with Gasteiger partial charge in [0.15, 0.2) is 0 Å². The SMILES string of the molecule is N#CC(SCCC(F)(F)F)=C1CCCCC1.N#CC(SCCC(F)(F)F)C1CCCCC1.O=O.O=O. The van der Waals surface area contributed by atoms with E-state index in [4.69, 9.17) is 30.4 Å². The zero-order valence-corrected chi connectivity index (χ0v) is 21.3. The molecule has 0 radical (unpaired) electrons. The van der Waals surface area contributed by atoms with Gasteiger partial charge in [0.05, 0.1) is 29.1 Å². The molecule has 6 nitrogen and oxygen atoms in total. The molecule has 0 heterocycles. The lowest BCUT2D eigenvalue weighted by Crippen LogP contribution is -2.20. The van der Waals surface area contributed by atoms with E-state index in [1.54, 1.807) is 0 Å². The summed E-state index contributed by atoms with van der Waals surface area (Å²) in [4.78, 5) is 28.5. The molecular formula is C22H30F6N2O4S2. The summed E-state index contributed by atoms with van der Waals surface area (Å²) >= 11 is 2.23. The third-order valence-electron chi connectivity index (χ3n) is 5.40. The van der Waals surface area contributed by atoms with Crippen LogP contribution in [0.1, 0.15) is 77.0 Å². The maximum Gasteiger partial charge on any atom is 0.389 e. The maximum atomic E-state index is 12.0. The van der Waals surface area contributed by atoms with Gasteiger partial charge in [-0.05, 0) is 50.0 Å². The van der Waals surface area contributed by atoms with E-state index < -0.39 is 25.2 Å². The van der Waals surface area contributed by atoms with Gasteiger partial charge in [0, 0.05) is 31.4 Å². The van der Waals surface area contributed by atoms with E-state index in [1.807, 2.05) is 6.07 Å². The Morgan fingerprint density at radius 1 is 0.806 bits per heavy atom. The normalized spacial score (nSPS) is 16.8. The average Bonchev–Trinajstić information content (AvgIpc) is 2.87. The van der Waals surface area contributed by atoms with Crippen LogP contribution in [0.5, 0.6) is 0 Å². The van der Waals surface area contributed by atoms with Crippen LogP contribution in [0.4, 0.5) is 26.3 Å². The third kappa shape index (κ3) is 19.4. The second kappa shape index (κ2) is 21.3. The van der Waals surface area contributed by atoms with Crippen molar-refractivity contribution in [1.29, 1.82) is 10.5 Å². The molecule has 0 bridgehead atoms. The van der Waals surface area contributed by atoms with Gasteiger partial charge in [0.2, 0.25) is 0 Å². The van der Waals surface area contributed by atoms with E-state index in [2.05, 4.69) is 6.07 Å². The van der Waals surface area contributed by atoms with Crippen molar-refractivity contribution in [3.05, 3.63) is 30.3 Å². The van der Waals surface area contributed by atoms with Crippen molar-refractivity contribution < 1.29 is 26.3 Å². The van der Waals surface area contributed by atoms with Crippen LogP contribution in [0.25, 0.3) is 0 Å². The van der Waals surface area contributed by atoms with Gasteiger partial charge in [-0.3, -0.25) is 0 Å². The van der Waals surface area contributed by atoms with E-state index in [1.165, 1.54) is 18.2 Å². The van der Waals surface area contributed by atoms with Crippen molar-refractivity contribution >= 4 is 23.5 Å². The van der Waals surface area contributed by atoms with Gasteiger partial charge >= 0.3 is 12.4 Å². The Bertz CT molecular complexity index is 693. The zero-order valence-electron chi connectivity index (χ0n) is 19.7. The molecule has 1 unspecified atom stereocenters. The summed E-state index contributed by atoms with van der Waals surface area (Å²) in [6.45, 7) is 0. The van der Waals surface area contributed by atoms with Crippen molar-refractivity contribution in [2.75, 3.05) is 11.5 Å². The number of nitrogens with zero attached hydrogens (tertiary/aromatic N) is 2. The van der Waals surface area contributed by atoms with Gasteiger partial charge in [0.25, 0.3) is 0 Å². The van der Waals surface area contributed by atoms with Crippen molar-refractivity contribution in [3.63, 3.8) is 0 Å². The minimum atomic E-state index is -4.12. The van der Waals surface area contributed by atoms with Gasteiger partial charge in [0.1, 0.15) is 6.07 Å². The van der Waals surface area contributed by atoms with Crippen LogP contribution in [0.3, 0.4) is 0 Å². The number of hydrogen-bond donors (Lipinski definition) is 0. The van der Waals surface area contributed by atoms with Crippen LogP contribution in [-0.4, -0.2) is 29.1 Å². The predicted molar refractivity (Wildman–Crippen MR) is 131 cm³/mol. The summed E-state index contributed by atoms with van der Waals surface area (Å²) in [5, 5.41) is 17.6. The van der Waals surface area contributed by atoms with Crippen LogP contribution >= 0.6 is 23.5 Å². The Balaban J connectivity index is 0. The van der Waals surface area contributed by atoms with Crippen LogP contribution in [0.15, 0.2) is 10.5 Å². The van der Waals surface area contributed by atoms with Gasteiger partial charge in [-0.1, -0.05) is 25.7 Å². The van der Waals surface area contributed by atoms with E-state index in [-0.39, 0.29) is 16.8 Å². The standard InChI is InChI=1S/C11H16F3NS.C11H14F3NS.2O2/c2*12-11(13,14)6-7-16-10(8-15)9-4-2-1-3-5-9;2*1-2/h9-10H,1-7H2;1-7H2;;. The molecule has 0 aromatic rings. The van der Waals surface area contributed by atoms with Gasteiger partial charge in [-0.15, -0.1) is 23.5 Å². The molecule has 0 N–H and O–H groups in total. The molecule has 2 saturated carbocycles. The number of alkyl halides is 6. The number of rotatable bonds is 7. The van der Waals surface area contributed by atoms with Gasteiger partial charge < -0.3 is 0 Å². The molecule has 2 aliphatic rings. The van der Waals surface area contributed by atoms with Crippen LogP contribution in [0.2, 0.25) is 0 Å². The second-order valence-corrected chi connectivity index (χ2v) is 10.4. The maximum absolute atomic E-state index is 12.0. The highest BCUT2D eigenvalue weighted by Crippen LogP contribution is 2.34. The third-order valence-corrected chi connectivity index (χ3v) is 7.77. The van der Waals surface area contributed by atoms with E-state index >= 15 is 0 Å². The number of nitriles is 2. The second-order valence-electron chi connectivity index (χ2n) is 8.00. The summed E-state index contributed by atoms with van der Waals surface area (Å²) < 4.78 is 71.7. The summed E-state index contributed by atoms with van der Waals surface area (Å²) in [6.07, 6.45) is 0.616. The molecule has 0 aromatic heterocycles. The van der Waals surface area contributed by atoms with Crippen LogP contribution in [0, 0.1) is 48.4 Å². The van der Waals surface area contributed by atoms with Crippen LogP contribution < -0.4 is 0 Å². The molecule has 0 aromatic carbocycles. The van der Waals surface area contributed by atoms with Crippen molar-refractivity contribution in [2.45, 2.75) is 94.7 Å². The summed E-state index contributed by atoms with van der Waals surface area (Å²) in [7, 11) is 0. The fraction of sp³-hybridized carbons (Fsp3) is 0.818. The highest BCUT2D eigenvalue weighted by Gasteiger charge is 2.29. The number of allylic oxidation sites excluding steroid dienone is 2. The molecule has 0 aliphatic heterocycles. The Kier molecular flexibility index (Phi) is 21.5. The van der Waals surface area contributed by atoms with Crippen molar-refractivity contribution in [2.24, 2.45) is 5.92 Å². The molecule has 206 valence electrons.